The van der Waals surface area contributed by atoms with Crippen LogP contribution in [0.5, 0.6) is 0 Å². The molecule has 0 spiro atoms. The first kappa shape index (κ1) is 15.7. The van der Waals surface area contributed by atoms with Crippen LogP contribution >= 0.6 is 0 Å². The van der Waals surface area contributed by atoms with Gasteiger partial charge in [-0.3, -0.25) is 4.79 Å². The summed E-state index contributed by atoms with van der Waals surface area (Å²) in [5.74, 6) is -0.0435. The van der Waals surface area contributed by atoms with Crippen LogP contribution in [0, 0.1) is 0 Å². The van der Waals surface area contributed by atoms with Gasteiger partial charge in [-0.15, -0.1) is 0 Å². The molecule has 0 aromatic carbocycles. The highest BCUT2D eigenvalue weighted by Gasteiger charge is 2.26. The summed E-state index contributed by atoms with van der Waals surface area (Å²) < 4.78 is 28.1. The van der Waals surface area contributed by atoms with Crippen LogP contribution in [0.3, 0.4) is 0 Å². The third-order valence-electron chi connectivity index (χ3n) is 2.86. The molecule has 1 N–H and O–H groups in total. The fourth-order valence-electron chi connectivity index (χ4n) is 1.54. The van der Waals surface area contributed by atoms with Gasteiger partial charge in [-0.2, -0.15) is 0 Å². The molecule has 1 amide bonds. The molecule has 1 aromatic rings. The Morgan fingerprint density at radius 2 is 2.16 bits per heavy atom. The second kappa shape index (κ2) is 6.70. The minimum absolute atomic E-state index is 0.0510. The second-order valence-corrected chi connectivity index (χ2v) is 6.96. The lowest BCUT2D eigenvalue weighted by Crippen LogP contribution is -2.38. The lowest BCUT2D eigenvalue weighted by atomic mass is 10.2. The van der Waals surface area contributed by atoms with Crippen LogP contribution in [0.15, 0.2) is 10.6 Å². The maximum absolute atomic E-state index is 11.7. The third-order valence-corrected chi connectivity index (χ3v) is 4.96. The highest BCUT2D eigenvalue weighted by molar-refractivity contribution is 7.92. The number of nitrogens with one attached hydrogen (secondary N) is 1. The fraction of sp³-hybridized carbons (Fsp3) is 0.667. The Balaban J connectivity index is 2.54. The van der Waals surface area contributed by atoms with Crippen molar-refractivity contribution in [3.05, 3.63) is 17.5 Å². The zero-order chi connectivity index (χ0) is 14.5. The van der Waals surface area contributed by atoms with Gasteiger partial charge in [0, 0.05) is 11.8 Å². The lowest BCUT2D eigenvalue weighted by molar-refractivity contribution is -0.120. The highest BCUT2D eigenvalue weighted by atomic mass is 32.2. The van der Waals surface area contributed by atoms with E-state index in [-0.39, 0.29) is 12.3 Å². The summed E-state index contributed by atoms with van der Waals surface area (Å²) in [6, 6.07) is 1.77. The molecule has 1 atom stereocenters. The zero-order valence-electron chi connectivity index (χ0n) is 11.5. The van der Waals surface area contributed by atoms with Crippen LogP contribution in [-0.4, -0.2) is 30.5 Å². The van der Waals surface area contributed by atoms with Gasteiger partial charge in [0.25, 0.3) is 0 Å². The van der Waals surface area contributed by atoms with Crippen molar-refractivity contribution in [3.8, 4) is 0 Å². The standard InChI is InChI=1S/C12H20N2O4S/c1-4-6-10-7-11(18-14-10)8-13-12(15)9(3)19(16,17)5-2/h7,9H,4-6,8H2,1-3H3,(H,13,15)/t9-/m0/s1. The number of nitrogens with zero attached hydrogens (tertiary/aromatic N) is 1. The lowest BCUT2D eigenvalue weighted by Gasteiger charge is -2.10. The molecule has 0 aliphatic carbocycles. The van der Waals surface area contributed by atoms with E-state index in [1.54, 1.807) is 6.07 Å². The Kier molecular flexibility index (Phi) is 5.53. The first-order chi connectivity index (χ1) is 8.90. The molecule has 0 bridgehead atoms. The van der Waals surface area contributed by atoms with Gasteiger partial charge in [-0.05, 0) is 13.3 Å². The average molecular weight is 288 g/mol. The molecule has 7 heteroatoms. The quantitative estimate of drug-likeness (QED) is 0.810. The van der Waals surface area contributed by atoms with E-state index in [1.807, 2.05) is 6.92 Å². The molecule has 108 valence electrons. The van der Waals surface area contributed by atoms with Crippen LogP contribution < -0.4 is 5.32 Å². The molecule has 0 radical (unpaired) electrons. The van der Waals surface area contributed by atoms with E-state index >= 15 is 0 Å². The summed E-state index contributed by atoms with van der Waals surface area (Å²) in [6.45, 7) is 5.09. The molecule has 6 nitrogen and oxygen atoms in total. The molecule has 0 saturated carbocycles. The van der Waals surface area contributed by atoms with Gasteiger partial charge < -0.3 is 9.84 Å². The van der Waals surface area contributed by atoms with E-state index in [4.69, 9.17) is 4.52 Å². The third kappa shape index (κ3) is 4.34. The summed E-state index contributed by atoms with van der Waals surface area (Å²) in [5, 5.41) is 5.35. The molecule has 0 fully saturated rings. The monoisotopic (exact) mass is 288 g/mol. The summed E-state index contributed by atoms with van der Waals surface area (Å²) >= 11 is 0. The largest absolute Gasteiger partial charge is 0.359 e. The predicted octanol–water partition coefficient (Wildman–Crippen LogP) is 1.07. The van der Waals surface area contributed by atoms with Crippen molar-refractivity contribution in [2.45, 2.75) is 45.4 Å². The van der Waals surface area contributed by atoms with E-state index in [0.29, 0.717) is 5.76 Å². The highest BCUT2D eigenvalue weighted by Crippen LogP contribution is 2.07. The van der Waals surface area contributed by atoms with Crippen LogP contribution in [0.4, 0.5) is 0 Å². The van der Waals surface area contributed by atoms with Crippen molar-refractivity contribution in [1.29, 1.82) is 0 Å². The number of hydrogen-bond donors (Lipinski definition) is 1. The molecule has 0 aliphatic rings. The fourth-order valence-corrected chi connectivity index (χ4v) is 2.45. The maximum atomic E-state index is 11.7. The van der Waals surface area contributed by atoms with E-state index in [1.165, 1.54) is 13.8 Å². The number of carbonyl (C=O) groups excluding carboxylic acids is 1. The molecular weight excluding hydrogens is 268 g/mol. The van der Waals surface area contributed by atoms with E-state index < -0.39 is 21.0 Å². The maximum Gasteiger partial charge on any atom is 0.238 e. The van der Waals surface area contributed by atoms with Gasteiger partial charge in [0.15, 0.2) is 15.6 Å². The Morgan fingerprint density at radius 1 is 1.47 bits per heavy atom. The van der Waals surface area contributed by atoms with Gasteiger partial charge >= 0.3 is 0 Å². The summed E-state index contributed by atoms with van der Waals surface area (Å²) in [5.41, 5.74) is 0.834. The second-order valence-electron chi connectivity index (χ2n) is 4.35. The molecule has 19 heavy (non-hydrogen) atoms. The molecule has 0 unspecified atom stereocenters. The number of rotatable bonds is 7. The van der Waals surface area contributed by atoms with Crippen molar-refractivity contribution in [2.24, 2.45) is 0 Å². The number of sulfone groups is 1. The Hall–Kier alpha value is -1.37. The van der Waals surface area contributed by atoms with Crippen LogP contribution in [0.2, 0.25) is 0 Å². The van der Waals surface area contributed by atoms with E-state index in [0.717, 1.165) is 18.5 Å². The van der Waals surface area contributed by atoms with Gasteiger partial charge in [0.05, 0.1) is 12.2 Å². The normalized spacial score (nSPS) is 13.2. The molecule has 1 heterocycles. The van der Waals surface area contributed by atoms with Gasteiger partial charge in [-0.1, -0.05) is 25.4 Å². The van der Waals surface area contributed by atoms with Gasteiger partial charge in [0.2, 0.25) is 5.91 Å². The minimum Gasteiger partial charge on any atom is -0.359 e. The molecule has 0 aliphatic heterocycles. The van der Waals surface area contributed by atoms with E-state index in [9.17, 15) is 13.2 Å². The van der Waals surface area contributed by atoms with Crippen molar-refractivity contribution < 1.29 is 17.7 Å². The van der Waals surface area contributed by atoms with Crippen LogP contribution in [-0.2, 0) is 27.6 Å². The van der Waals surface area contributed by atoms with Crippen molar-refractivity contribution >= 4 is 15.7 Å². The van der Waals surface area contributed by atoms with Crippen molar-refractivity contribution in [1.82, 2.24) is 10.5 Å². The topological polar surface area (TPSA) is 89.3 Å². The van der Waals surface area contributed by atoms with Gasteiger partial charge in [0.1, 0.15) is 5.25 Å². The first-order valence-corrected chi connectivity index (χ1v) is 8.06. The predicted molar refractivity (Wildman–Crippen MR) is 71.3 cm³/mol. The van der Waals surface area contributed by atoms with Crippen LogP contribution in [0.25, 0.3) is 0 Å². The Bertz CT molecular complexity index is 522. The Labute approximate surface area is 113 Å². The first-order valence-electron chi connectivity index (χ1n) is 6.34. The number of hydrogen-bond acceptors (Lipinski definition) is 5. The minimum atomic E-state index is -3.36. The average Bonchev–Trinajstić information content (AvgIpc) is 2.83. The summed E-state index contributed by atoms with van der Waals surface area (Å²) in [7, 11) is -3.36. The van der Waals surface area contributed by atoms with Crippen molar-refractivity contribution in [3.63, 3.8) is 0 Å². The zero-order valence-corrected chi connectivity index (χ0v) is 12.3. The number of amides is 1. The SMILES string of the molecule is CCCc1cc(CNC(=O)[C@H](C)S(=O)(=O)CC)on1. The van der Waals surface area contributed by atoms with Crippen molar-refractivity contribution in [2.75, 3.05) is 5.75 Å². The molecule has 1 rings (SSSR count). The van der Waals surface area contributed by atoms with Crippen LogP contribution in [0.1, 0.15) is 38.6 Å². The molecule has 1 aromatic heterocycles. The number of aryl methyl sites for hydroxylation is 1. The smallest absolute Gasteiger partial charge is 0.238 e. The van der Waals surface area contributed by atoms with Gasteiger partial charge in [-0.25, -0.2) is 8.42 Å². The number of aromatic nitrogens is 1. The summed E-state index contributed by atoms with van der Waals surface area (Å²) in [6.07, 6.45) is 1.78. The summed E-state index contributed by atoms with van der Waals surface area (Å²) in [4.78, 5) is 11.7. The molecular formula is C12H20N2O4S. The molecule has 0 saturated heterocycles. The number of carbonyl (C=O) groups is 1. The Morgan fingerprint density at radius 3 is 2.74 bits per heavy atom. The van der Waals surface area contributed by atoms with E-state index in [2.05, 4.69) is 10.5 Å².